The Morgan fingerprint density at radius 1 is 0.355 bits per heavy atom. The smallest absolute Gasteiger partial charge is 0.416 e. The van der Waals surface area contributed by atoms with Crippen LogP contribution in [0.4, 0.5) is 94.6 Å². The van der Waals surface area contributed by atoms with Gasteiger partial charge in [-0.15, -0.1) is 20.4 Å². The van der Waals surface area contributed by atoms with Crippen molar-refractivity contribution in [3.8, 4) is 34.8 Å². The molecule has 2 aromatic heterocycles. The first-order valence-electron chi connectivity index (χ1n) is 31.4. The van der Waals surface area contributed by atoms with Gasteiger partial charge in [-0.1, -0.05) is 71.7 Å². The summed E-state index contributed by atoms with van der Waals surface area (Å²) in [4.78, 5) is 53.8. The number of rotatable bonds is 13. The lowest BCUT2D eigenvalue weighted by Crippen LogP contribution is -2.27. The highest BCUT2D eigenvalue weighted by molar-refractivity contribution is 6.29. The average molecular weight is 1530 g/mol. The van der Waals surface area contributed by atoms with E-state index >= 15 is 0 Å². The number of benzene rings is 8. The summed E-state index contributed by atoms with van der Waals surface area (Å²) < 4.78 is 192. The second kappa shape index (κ2) is 32.1. The molecule has 0 aliphatic carbocycles. The molecule has 0 saturated carbocycles. The number of amides is 4. The third-order valence-electron chi connectivity index (χ3n) is 16.3. The van der Waals surface area contributed by atoms with E-state index in [1.165, 1.54) is 106 Å². The number of carbonyl (C=O) groups excluding carboxylic acids is 4. The van der Waals surface area contributed by atoms with Gasteiger partial charge in [0.25, 0.3) is 0 Å². The normalized spacial score (nSPS) is 17.1. The van der Waals surface area contributed by atoms with Gasteiger partial charge in [0.1, 0.15) is 49.4 Å². The Balaban J connectivity index is 0.000000143. The van der Waals surface area contributed by atoms with Crippen LogP contribution in [-0.2, 0) is 43.7 Å². The van der Waals surface area contributed by atoms with Crippen LogP contribution in [0.2, 0.25) is 10.3 Å². The first-order valence-corrected chi connectivity index (χ1v) is 32.1. The Labute approximate surface area is 608 Å². The average Bonchev–Trinajstić information content (AvgIpc) is 1.67. The number of hydrogen-bond donors (Lipinski definition) is 1. The minimum Gasteiger partial charge on any atom is -0.508 e. The Kier molecular flexibility index (Phi) is 22.8. The molecule has 4 saturated heterocycles. The summed E-state index contributed by atoms with van der Waals surface area (Å²) in [6.07, 6.45) is -20.4. The summed E-state index contributed by atoms with van der Waals surface area (Å²) in [5, 5.41) is 24.7. The molecule has 0 spiro atoms. The van der Waals surface area contributed by atoms with Gasteiger partial charge in [0.15, 0.2) is 10.3 Å². The molecule has 107 heavy (non-hydrogen) atoms. The maximum Gasteiger partial charge on any atom is 0.416 e. The van der Waals surface area contributed by atoms with Gasteiger partial charge in [-0.05, 0) is 180 Å². The van der Waals surface area contributed by atoms with Crippen LogP contribution >= 0.6 is 23.2 Å². The third kappa shape index (κ3) is 18.7. The van der Waals surface area contributed by atoms with E-state index in [1.54, 1.807) is 91.0 Å². The zero-order valence-electron chi connectivity index (χ0n) is 54.7. The molecule has 6 heterocycles. The standard InChI is InChI=1S/2C20H13ClF3N3O3.C17H14F3NO3.C16H12F3NO3/c2*21-17-8-9-18(26-25-17)30-15-6-4-14(5-7-15)27-16(11-29-19(27)28)12-2-1-3-13(10-12)20(22,23)24;1-23-14-7-5-13(6-8-14)21-15(10-24-16(21)22)11-3-2-4-12(9-11)17(18,19)20;17-16(18,19)11-3-1-2-10(8-11)14-9-23-15(22)20(14)12-4-6-13(21)7-5-12/h2*1-10,16H,11H2;2-9,15H,10H2,1H3;1-8,14,21H,9H2/t2*16-;15-;14-/m1111/s1. The molecule has 20 nitrogen and oxygen atoms in total. The van der Waals surface area contributed by atoms with Gasteiger partial charge in [0.05, 0.1) is 53.5 Å². The van der Waals surface area contributed by atoms with Gasteiger partial charge in [-0.25, -0.2) is 19.2 Å². The van der Waals surface area contributed by atoms with Crippen molar-refractivity contribution in [1.29, 1.82) is 0 Å². The van der Waals surface area contributed by atoms with Crippen molar-refractivity contribution < 1.29 is 110 Å². The van der Waals surface area contributed by atoms with Crippen LogP contribution in [0.15, 0.2) is 218 Å². The molecule has 34 heteroatoms. The zero-order valence-corrected chi connectivity index (χ0v) is 56.2. The van der Waals surface area contributed by atoms with Crippen molar-refractivity contribution in [3.63, 3.8) is 0 Å². The van der Waals surface area contributed by atoms with Crippen molar-refractivity contribution >= 4 is 70.3 Å². The monoisotopic (exact) mass is 1530 g/mol. The highest BCUT2D eigenvalue weighted by Gasteiger charge is 2.42. The molecule has 10 aromatic rings. The second-order valence-corrected chi connectivity index (χ2v) is 23.9. The molecular formula is C73H52Cl2F12N8O12. The number of halogens is 14. The quantitative estimate of drug-likeness (QED) is 0.0838. The minimum atomic E-state index is -4.48. The number of alkyl halides is 12. The van der Waals surface area contributed by atoms with E-state index in [1.807, 2.05) is 0 Å². The number of nitrogens with zero attached hydrogens (tertiary/aromatic N) is 8. The summed E-state index contributed by atoms with van der Waals surface area (Å²) in [6, 6.07) is 48.2. The SMILES string of the molecule is COc1ccc(N2C(=O)OC[C@@H]2c2cccc(C(F)(F)F)c2)cc1.O=C1OC[C@H](c2cccc(C(F)(F)F)c2)N1c1ccc(O)cc1.O=C1OC[C@H](c2cccc(C(F)(F)F)c2)N1c1ccc(Oc2ccc(Cl)nn2)cc1.O=C1OC[C@H](c2cccc(C(F)(F)F)c2)N1c1ccc(Oc2ccc(Cl)nn2)cc1. The highest BCUT2D eigenvalue weighted by atomic mass is 35.5. The van der Waals surface area contributed by atoms with E-state index in [2.05, 4.69) is 20.4 Å². The molecule has 4 fully saturated rings. The number of ether oxygens (including phenoxy) is 7. The van der Waals surface area contributed by atoms with E-state index in [9.17, 15) is 77.0 Å². The van der Waals surface area contributed by atoms with Crippen LogP contribution < -0.4 is 33.8 Å². The summed E-state index contributed by atoms with van der Waals surface area (Å²) in [5.41, 5.74) is 0.121. The molecule has 14 rings (SSSR count). The lowest BCUT2D eigenvalue weighted by molar-refractivity contribution is -0.138. The summed E-state index contributed by atoms with van der Waals surface area (Å²) in [6.45, 7) is -0.162. The topological polar surface area (TPSA) is 218 Å². The molecule has 8 aromatic carbocycles. The number of cyclic esters (lactones) is 4. The predicted molar refractivity (Wildman–Crippen MR) is 360 cm³/mol. The number of methoxy groups -OCH3 is 1. The molecule has 4 atom stereocenters. The molecule has 4 aliphatic heterocycles. The van der Waals surface area contributed by atoms with Gasteiger partial charge >= 0.3 is 49.1 Å². The molecule has 4 amide bonds. The molecule has 0 unspecified atom stereocenters. The van der Waals surface area contributed by atoms with E-state index in [4.69, 9.17) is 56.4 Å². The lowest BCUT2D eigenvalue weighted by Gasteiger charge is -2.22. The molecular weight excluding hydrogens is 1480 g/mol. The fourth-order valence-electron chi connectivity index (χ4n) is 11.2. The molecule has 0 bridgehead atoms. The van der Waals surface area contributed by atoms with Gasteiger partial charge in [0.2, 0.25) is 11.8 Å². The van der Waals surface area contributed by atoms with E-state index in [0.29, 0.717) is 62.3 Å². The van der Waals surface area contributed by atoms with Crippen LogP contribution in [0.5, 0.6) is 34.8 Å². The fraction of sp³-hybridized carbons (Fsp3) is 0.178. The Bertz CT molecular complexity index is 4610. The number of anilines is 4. The number of hydrogen-bond acceptors (Lipinski definition) is 16. The second-order valence-electron chi connectivity index (χ2n) is 23.1. The van der Waals surface area contributed by atoms with Gasteiger partial charge in [0, 0.05) is 34.9 Å². The van der Waals surface area contributed by atoms with E-state index < -0.39 is 95.5 Å². The molecule has 1 N–H and O–H groups in total. The molecule has 4 aliphatic rings. The molecule has 554 valence electrons. The zero-order chi connectivity index (χ0) is 76.5. The van der Waals surface area contributed by atoms with Gasteiger partial charge < -0.3 is 38.3 Å². The maximum atomic E-state index is 13.1. The van der Waals surface area contributed by atoms with Crippen molar-refractivity contribution in [2.45, 2.75) is 48.9 Å². The van der Waals surface area contributed by atoms with Crippen molar-refractivity contribution in [1.82, 2.24) is 20.4 Å². The van der Waals surface area contributed by atoms with Crippen LogP contribution in [0.25, 0.3) is 0 Å². The number of carbonyl (C=O) groups is 4. The number of phenolic OH excluding ortho intramolecular Hbond substituents is 1. The number of aromatic hydroxyl groups is 1. The van der Waals surface area contributed by atoms with Crippen LogP contribution in [0, 0.1) is 0 Å². The number of phenols is 1. The third-order valence-corrected chi connectivity index (χ3v) is 16.7. The Hall–Kier alpha value is -12.1. The highest BCUT2D eigenvalue weighted by Crippen LogP contribution is 2.43. The van der Waals surface area contributed by atoms with Crippen LogP contribution in [-0.4, -0.2) is 83.4 Å². The molecule has 0 radical (unpaired) electrons. The van der Waals surface area contributed by atoms with Crippen LogP contribution in [0.1, 0.15) is 68.7 Å². The van der Waals surface area contributed by atoms with Gasteiger partial charge in [-0.2, -0.15) is 52.7 Å². The first-order chi connectivity index (χ1) is 50.9. The van der Waals surface area contributed by atoms with Crippen LogP contribution in [0.3, 0.4) is 0 Å². The predicted octanol–water partition coefficient (Wildman–Crippen LogP) is 19.8. The minimum absolute atomic E-state index is 0.00776. The van der Waals surface area contributed by atoms with Crippen molar-refractivity contribution in [2.75, 3.05) is 53.1 Å². The van der Waals surface area contributed by atoms with Crippen molar-refractivity contribution in [3.05, 3.63) is 273 Å². The Morgan fingerprint density at radius 3 is 0.841 bits per heavy atom. The van der Waals surface area contributed by atoms with Gasteiger partial charge in [-0.3, -0.25) is 19.6 Å². The summed E-state index contributed by atoms with van der Waals surface area (Å²) in [7, 11) is 1.52. The summed E-state index contributed by atoms with van der Waals surface area (Å²) >= 11 is 11.4. The maximum absolute atomic E-state index is 13.1. The largest absolute Gasteiger partial charge is 0.508 e. The van der Waals surface area contributed by atoms with Crippen molar-refractivity contribution in [2.24, 2.45) is 0 Å². The van der Waals surface area contributed by atoms with E-state index in [-0.39, 0.29) is 54.2 Å². The summed E-state index contributed by atoms with van der Waals surface area (Å²) in [5.74, 6) is 1.96. The Morgan fingerprint density at radius 2 is 0.607 bits per heavy atom. The fourth-order valence-corrected chi connectivity index (χ4v) is 11.4. The number of aromatic nitrogens is 4. The van der Waals surface area contributed by atoms with E-state index in [0.717, 1.165) is 48.5 Å². The first kappa shape index (κ1) is 76.1. The lowest BCUT2D eigenvalue weighted by atomic mass is 10.0.